The predicted octanol–water partition coefficient (Wildman–Crippen LogP) is 4.31. The molecule has 0 saturated carbocycles. The van der Waals surface area contributed by atoms with E-state index in [1.165, 1.54) is 28.9 Å². The van der Waals surface area contributed by atoms with Gasteiger partial charge in [0.1, 0.15) is 11.5 Å². The van der Waals surface area contributed by atoms with Crippen molar-refractivity contribution in [3.05, 3.63) is 64.3 Å². The van der Waals surface area contributed by atoms with Crippen molar-refractivity contribution >= 4 is 23.1 Å². The van der Waals surface area contributed by atoms with Crippen LogP contribution in [0.2, 0.25) is 5.02 Å². The SMILES string of the molecule is Nc1c(N=O)c(-c2ccc(Cl)cc2)nn1-c1ccc(F)cc1. The smallest absolute Gasteiger partial charge is 0.178 e. The third-order valence-electron chi connectivity index (χ3n) is 3.18. The molecule has 0 bridgehead atoms. The van der Waals surface area contributed by atoms with Crippen molar-refractivity contribution in [2.24, 2.45) is 5.18 Å². The van der Waals surface area contributed by atoms with Gasteiger partial charge in [-0.05, 0) is 41.6 Å². The lowest BCUT2D eigenvalue weighted by molar-refractivity contribution is 0.627. The van der Waals surface area contributed by atoms with Gasteiger partial charge in [-0.15, -0.1) is 4.91 Å². The number of hydrogen-bond acceptors (Lipinski definition) is 4. The fraction of sp³-hybridized carbons (Fsp3) is 0. The van der Waals surface area contributed by atoms with Gasteiger partial charge in [-0.1, -0.05) is 23.7 Å². The fourth-order valence-corrected chi connectivity index (χ4v) is 2.22. The van der Waals surface area contributed by atoms with Crippen molar-refractivity contribution in [3.8, 4) is 16.9 Å². The minimum atomic E-state index is -0.374. The van der Waals surface area contributed by atoms with E-state index in [2.05, 4.69) is 10.3 Å². The molecule has 0 saturated heterocycles. The molecule has 22 heavy (non-hydrogen) atoms. The molecule has 2 aromatic carbocycles. The lowest BCUT2D eigenvalue weighted by atomic mass is 10.1. The van der Waals surface area contributed by atoms with Crippen LogP contribution in [0.1, 0.15) is 0 Å². The van der Waals surface area contributed by atoms with Gasteiger partial charge in [0, 0.05) is 10.6 Å². The molecular formula is C15H10ClFN4O. The van der Waals surface area contributed by atoms with Gasteiger partial charge in [-0.25, -0.2) is 9.07 Å². The van der Waals surface area contributed by atoms with E-state index >= 15 is 0 Å². The first-order chi connectivity index (χ1) is 10.6. The Labute approximate surface area is 130 Å². The monoisotopic (exact) mass is 316 g/mol. The van der Waals surface area contributed by atoms with E-state index in [-0.39, 0.29) is 17.3 Å². The molecule has 1 aromatic heterocycles. The van der Waals surface area contributed by atoms with E-state index in [1.54, 1.807) is 24.3 Å². The summed E-state index contributed by atoms with van der Waals surface area (Å²) in [4.78, 5) is 11.1. The molecule has 0 aliphatic rings. The van der Waals surface area contributed by atoms with Gasteiger partial charge in [-0.3, -0.25) is 0 Å². The van der Waals surface area contributed by atoms with Crippen LogP contribution in [-0.2, 0) is 0 Å². The Morgan fingerprint density at radius 3 is 2.32 bits per heavy atom. The highest BCUT2D eigenvalue weighted by molar-refractivity contribution is 6.30. The Kier molecular flexibility index (Phi) is 3.60. The maximum absolute atomic E-state index is 13.0. The van der Waals surface area contributed by atoms with Crippen LogP contribution in [0.15, 0.2) is 53.7 Å². The molecule has 0 atom stereocenters. The Hall–Kier alpha value is -2.73. The number of halogens is 2. The molecule has 0 aliphatic carbocycles. The van der Waals surface area contributed by atoms with Crippen molar-refractivity contribution in [3.63, 3.8) is 0 Å². The number of nitrogens with two attached hydrogens (primary N) is 1. The molecule has 110 valence electrons. The highest BCUT2D eigenvalue weighted by Gasteiger charge is 2.19. The molecule has 0 spiro atoms. The summed E-state index contributed by atoms with van der Waals surface area (Å²) in [6.07, 6.45) is 0. The normalized spacial score (nSPS) is 10.6. The first-order valence-electron chi connectivity index (χ1n) is 6.34. The summed E-state index contributed by atoms with van der Waals surface area (Å²) in [7, 11) is 0. The van der Waals surface area contributed by atoms with Crippen molar-refractivity contribution < 1.29 is 4.39 Å². The topological polar surface area (TPSA) is 73.3 Å². The van der Waals surface area contributed by atoms with Gasteiger partial charge in [0.25, 0.3) is 0 Å². The van der Waals surface area contributed by atoms with E-state index in [0.29, 0.717) is 22.0 Å². The quantitative estimate of drug-likeness (QED) is 0.732. The van der Waals surface area contributed by atoms with E-state index in [9.17, 15) is 9.30 Å². The maximum atomic E-state index is 13.0. The van der Waals surface area contributed by atoms with Gasteiger partial charge in [-0.2, -0.15) is 5.10 Å². The summed E-state index contributed by atoms with van der Waals surface area (Å²) in [5, 5.41) is 7.85. The zero-order valence-electron chi connectivity index (χ0n) is 11.2. The van der Waals surface area contributed by atoms with Crippen LogP contribution in [0.25, 0.3) is 16.9 Å². The second kappa shape index (κ2) is 5.57. The first-order valence-corrected chi connectivity index (χ1v) is 6.71. The highest BCUT2D eigenvalue weighted by atomic mass is 35.5. The third-order valence-corrected chi connectivity index (χ3v) is 3.43. The Balaban J connectivity index is 2.16. The van der Waals surface area contributed by atoms with Crippen LogP contribution in [0.3, 0.4) is 0 Å². The van der Waals surface area contributed by atoms with Crippen molar-refractivity contribution in [1.29, 1.82) is 0 Å². The zero-order valence-corrected chi connectivity index (χ0v) is 12.0. The number of nitroso groups, excluding NO2 is 1. The molecule has 3 aromatic rings. The van der Waals surface area contributed by atoms with Crippen molar-refractivity contribution in [1.82, 2.24) is 9.78 Å². The van der Waals surface area contributed by atoms with Crippen molar-refractivity contribution in [2.45, 2.75) is 0 Å². The third kappa shape index (κ3) is 2.44. The summed E-state index contributed by atoms with van der Waals surface area (Å²) < 4.78 is 14.4. The molecule has 0 unspecified atom stereocenters. The Morgan fingerprint density at radius 2 is 1.73 bits per heavy atom. The Morgan fingerprint density at radius 1 is 1.09 bits per heavy atom. The van der Waals surface area contributed by atoms with E-state index in [4.69, 9.17) is 17.3 Å². The number of benzene rings is 2. The number of nitrogens with zero attached hydrogens (tertiary/aromatic N) is 3. The number of anilines is 1. The lowest BCUT2D eigenvalue weighted by Gasteiger charge is -2.03. The summed E-state index contributed by atoms with van der Waals surface area (Å²) in [6, 6.07) is 12.4. The summed E-state index contributed by atoms with van der Waals surface area (Å²) in [5.41, 5.74) is 7.50. The van der Waals surface area contributed by atoms with Crippen LogP contribution in [-0.4, -0.2) is 9.78 Å². The van der Waals surface area contributed by atoms with Crippen LogP contribution < -0.4 is 5.73 Å². The standard InChI is InChI=1S/C15H10ClFN4O/c16-10-3-1-9(2-4-10)13-14(20-22)15(18)21(19-13)12-7-5-11(17)6-8-12/h1-8H,18H2. The molecule has 3 rings (SSSR count). The van der Waals surface area contributed by atoms with Gasteiger partial charge in [0.05, 0.1) is 5.69 Å². The van der Waals surface area contributed by atoms with Gasteiger partial charge in [0.15, 0.2) is 11.5 Å². The average molecular weight is 317 g/mol. The number of aromatic nitrogens is 2. The minimum Gasteiger partial charge on any atom is -0.382 e. The summed E-state index contributed by atoms with van der Waals surface area (Å²) in [6.45, 7) is 0. The molecule has 2 N–H and O–H groups in total. The molecule has 7 heteroatoms. The molecule has 1 heterocycles. The zero-order chi connectivity index (χ0) is 15.7. The molecule has 0 amide bonds. The van der Waals surface area contributed by atoms with E-state index in [1.807, 2.05) is 0 Å². The second-order valence-corrected chi connectivity index (χ2v) is 5.01. The molecule has 0 aliphatic heterocycles. The molecule has 0 radical (unpaired) electrons. The van der Waals surface area contributed by atoms with Crippen LogP contribution in [0, 0.1) is 10.7 Å². The summed E-state index contributed by atoms with van der Waals surface area (Å²) >= 11 is 5.85. The van der Waals surface area contributed by atoms with Crippen molar-refractivity contribution in [2.75, 3.05) is 5.73 Å². The van der Waals surface area contributed by atoms with E-state index in [0.717, 1.165) is 0 Å². The molecule has 0 fully saturated rings. The summed E-state index contributed by atoms with van der Waals surface area (Å²) in [5.74, 6) is -0.285. The minimum absolute atomic E-state index is 0.0339. The van der Waals surface area contributed by atoms with E-state index < -0.39 is 0 Å². The maximum Gasteiger partial charge on any atom is 0.178 e. The number of nitrogen functional groups attached to an aromatic ring is 1. The largest absolute Gasteiger partial charge is 0.382 e. The first kappa shape index (κ1) is 14.2. The predicted molar refractivity (Wildman–Crippen MR) is 83.8 cm³/mol. The van der Waals surface area contributed by atoms with Crippen LogP contribution in [0.4, 0.5) is 15.9 Å². The average Bonchev–Trinajstić information content (AvgIpc) is 2.85. The lowest BCUT2D eigenvalue weighted by Crippen LogP contribution is -2.01. The number of hydrogen-bond donors (Lipinski definition) is 1. The van der Waals surface area contributed by atoms with Gasteiger partial charge in [0.2, 0.25) is 0 Å². The fourth-order valence-electron chi connectivity index (χ4n) is 2.09. The highest BCUT2D eigenvalue weighted by Crippen LogP contribution is 2.36. The van der Waals surface area contributed by atoms with Gasteiger partial charge < -0.3 is 5.73 Å². The molecule has 5 nitrogen and oxygen atoms in total. The Bertz CT molecular complexity index is 828. The number of rotatable bonds is 3. The molecular weight excluding hydrogens is 307 g/mol. The van der Waals surface area contributed by atoms with Crippen LogP contribution >= 0.6 is 11.6 Å². The van der Waals surface area contributed by atoms with Gasteiger partial charge >= 0.3 is 0 Å². The van der Waals surface area contributed by atoms with Crippen LogP contribution in [0.5, 0.6) is 0 Å². The second-order valence-electron chi connectivity index (χ2n) is 4.57.